The van der Waals surface area contributed by atoms with Gasteiger partial charge in [-0.2, -0.15) is 5.06 Å². The molecule has 3 aliphatic heterocycles. The van der Waals surface area contributed by atoms with Gasteiger partial charge in [0.1, 0.15) is 11.5 Å². The van der Waals surface area contributed by atoms with Crippen LogP contribution in [0.2, 0.25) is 0 Å². The first-order chi connectivity index (χ1) is 14.4. The Kier molecular flexibility index (Phi) is 3.65. The molecule has 5 aliphatic rings. The minimum atomic E-state index is -0.821. The molecule has 1 spiro atoms. The van der Waals surface area contributed by atoms with Crippen molar-refractivity contribution >= 4 is 17.6 Å². The molecule has 7 nitrogen and oxygen atoms in total. The Labute approximate surface area is 176 Å². The average Bonchev–Trinajstić information content (AvgIpc) is 3.19. The molecule has 30 heavy (non-hydrogen) atoms. The molecule has 2 saturated carbocycles. The summed E-state index contributed by atoms with van der Waals surface area (Å²) < 4.78 is 12.3. The molecule has 160 valence electrons. The zero-order valence-electron chi connectivity index (χ0n) is 17.8. The molecule has 5 bridgehead atoms. The Morgan fingerprint density at radius 3 is 2.83 bits per heavy atom. The van der Waals surface area contributed by atoms with Crippen molar-refractivity contribution in [1.29, 1.82) is 0 Å². The van der Waals surface area contributed by atoms with E-state index < -0.39 is 5.41 Å². The van der Waals surface area contributed by atoms with Gasteiger partial charge in [0, 0.05) is 36.8 Å². The Morgan fingerprint density at radius 2 is 2.10 bits per heavy atom. The highest BCUT2D eigenvalue weighted by molar-refractivity contribution is 6.08. The largest absolute Gasteiger partial charge is 0.462 e. The second-order valence-electron chi connectivity index (χ2n) is 9.74. The first-order valence-electron chi connectivity index (χ1n) is 10.9. The second-order valence-corrected chi connectivity index (χ2v) is 9.74. The van der Waals surface area contributed by atoms with Gasteiger partial charge in [-0.3, -0.25) is 14.4 Å². The average molecular weight is 412 g/mol. The SMILES string of the molecule is CON1C(=O)[C@]2(c3ccccc31)[C@@H]1C[C@H]3[C@@H](CO1)[C@H]1[C@@H]2[C@]3([C@@H](C)OC(C)=O)CN1C. The summed E-state index contributed by atoms with van der Waals surface area (Å²) in [5, 5.41) is 1.45. The van der Waals surface area contributed by atoms with Crippen molar-refractivity contribution in [3.8, 4) is 0 Å². The van der Waals surface area contributed by atoms with Crippen LogP contribution in [0.5, 0.6) is 0 Å². The molecule has 8 atom stereocenters. The lowest BCUT2D eigenvalue weighted by Crippen LogP contribution is -2.66. The summed E-state index contributed by atoms with van der Waals surface area (Å²) in [5.74, 6) is 0.439. The van der Waals surface area contributed by atoms with Crippen LogP contribution in [0.25, 0.3) is 0 Å². The molecule has 3 heterocycles. The van der Waals surface area contributed by atoms with Gasteiger partial charge in [0.2, 0.25) is 0 Å². The number of ether oxygens (including phenoxy) is 2. The van der Waals surface area contributed by atoms with Crippen molar-refractivity contribution in [2.24, 2.45) is 23.2 Å². The van der Waals surface area contributed by atoms with E-state index in [0.29, 0.717) is 18.4 Å². The maximum Gasteiger partial charge on any atom is 0.302 e. The zero-order valence-corrected chi connectivity index (χ0v) is 17.8. The highest BCUT2D eigenvalue weighted by atomic mass is 16.7. The van der Waals surface area contributed by atoms with Crippen LogP contribution in [0.4, 0.5) is 5.69 Å². The quantitative estimate of drug-likeness (QED) is 0.705. The standard InChI is InChI=1S/C23H28N2O5/c1-12(30-13(2)26)22-11-24(3)19-14-10-29-18(9-16(14)22)23(20(19)22)15-7-5-6-8-17(15)25(28-4)21(23)27/h5-8,12,14,16,18-20H,9-11H2,1-4H3/t12-,14-,16+,18+,19+,20-,22+,23-/m1/s1. The molecule has 2 aliphatic carbocycles. The summed E-state index contributed by atoms with van der Waals surface area (Å²) in [4.78, 5) is 34.1. The normalized spacial score (nSPS) is 44.1. The maximum atomic E-state index is 14.2. The molecule has 1 amide bonds. The zero-order chi connectivity index (χ0) is 21.0. The molecule has 0 N–H and O–H groups in total. The molecule has 7 heteroatoms. The molecule has 4 fully saturated rings. The molecular formula is C23H28N2O5. The van der Waals surface area contributed by atoms with E-state index in [-0.39, 0.29) is 41.5 Å². The van der Waals surface area contributed by atoms with Crippen LogP contribution in [0.1, 0.15) is 25.8 Å². The van der Waals surface area contributed by atoms with Gasteiger partial charge in [-0.15, -0.1) is 0 Å². The third-order valence-corrected chi connectivity index (χ3v) is 8.94. The molecule has 0 unspecified atom stereocenters. The Balaban J connectivity index is 1.62. The van der Waals surface area contributed by atoms with E-state index in [4.69, 9.17) is 14.3 Å². The highest BCUT2D eigenvalue weighted by Gasteiger charge is 2.82. The lowest BCUT2D eigenvalue weighted by atomic mass is 9.50. The number of hydrogen-bond donors (Lipinski definition) is 0. The number of carbonyl (C=O) groups is 2. The smallest absolute Gasteiger partial charge is 0.302 e. The maximum absolute atomic E-state index is 14.2. The number of hydrogen-bond acceptors (Lipinski definition) is 6. The van der Waals surface area contributed by atoms with Crippen molar-refractivity contribution in [3.05, 3.63) is 29.8 Å². The number of para-hydroxylation sites is 1. The summed E-state index contributed by atoms with van der Waals surface area (Å²) in [6.07, 6.45) is 0.357. The van der Waals surface area contributed by atoms with Gasteiger partial charge in [-0.05, 0) is 37.9 Å². The van der Waals surface area contributed by atoms with Gasteiger partial charge in [-0.25, -0.2) is 0 Å². The van der Waals surface area contributed by atoms with Crippen LogP contribution in [0.15, 0.2) is 24.3 Å². The molecule has 1 aromatic rings. The lowest BCUT2D eigenvalue weighted by Gasteiger charge is -2.57. The Bertz CT molecular complexity index is 951. The number of fused-ring (bicyclic) bond motifs is 5. The Hall–Kier alpha value is -1.96. The number of rotatable bonds is 3. The lowest BCUT2D eigenvalue weighted by molar-refractivity contribution is -0.193. The van der Waals surface area contributed by atoms with Gasteiger partial charge in [0.15, 0.2) is 0 Å². The molecular weight excluding hydrogens is 384 g/mol. The number of hydroxylamine groups is 1. The number of piperidine rings is 1. The highest BCUT2D eigenvalue weighted by Crippen LogP contribution is 2.74. The number of carbonyl (C=O) groups excluding carboxylic acids is 2. The minimum absolute atomic E-state index is 0.00870. The predicted octanol–water partition coefficient (Wildman–Crippen LogP) is 1.75. The number of esters is 1. The minimum Gasteiger partial charge on any atom is -0.462 e. The fraction of sp³-hybridized carbons (Fsp3) is 0.652. The summed E-state index contributed by atoms with van der Waals surface area (Å²) in [6, 6.07) is 8.16. The van der Waals surface area contributed by atoms with Gasteiger partial charge in [0.05, 0.1) is 25.5 Å². The van der Waals surface area contributed by atoms with Crippen LogP contribution >= 0.6 is 0 Å². The van der Waals surface area contributed by atoms with E-state index in [1.807, 2.05) is 25.1 Å². The van der Waals surface area contributed by atoms with Crippen molar-refractivity contribution in [2.45, 2.75) is 43.9 Å². The molecule has 6 rings (SSSR count). The van der Waals surface area contributed by atoms with E-state index in [1.165, 1.54) is 12.0 Å². The third kappa shape index (κ3) is 1.81. The summed E-state index contributed by atoms with van der Waals surface area (Å²) in [7, 11) is 3.69. The molecule has 0 radical (unpaired) electrons. The van der Waals surface area contributed by atoms with Crippen LogP contribution in [-0.4, -0.2) is 62.3 Å². The van der Waals surface area contributed by atoms with Crippen LogP contribution in [0.3, 0.4) is 0 Å². The van der Waals surface area contributed by atoms with Gasteiger partial charge in [0.25, 0.3) is 5.91 Å². The van der Waals surface area contributed by atoms with Crippen molar-refractivity contribution in [3.63, 3.8) is 0 Å². The number of nitrogens with zero attached hydrogens (tertiary/aromatic N) is 2. The van der Waals surface area contributed by atoms with E-state index in [2.05, 4.69) is 18.0 Å². The third-order valence-electron chi connectivity index (χ3n) is 8.94. The molecule has 0 aromatic heterocycles. The number of anilines is 1. The molecule has 1 aromatic carbocycles. The number of benzene rings is 1. The van der Waals surface area contributed by atoms with Crippen LogP contribution < -0.4 is 5.06 Å². The topological polar surface area (TPSA) is 68.3 Å². The van der Waals surface area contributed by atoms with Crippen LogP contribution in [-0.2, 0) is 29.3 Å². The molecule has 2 saturated heterocycles. The summed E-state index contributed by atoms with van der Waals surface area (Å²) in [6.45, 7) is 4.98. The van der Waals surface area contributed by atoms with Gasteiger partial charge < -0.3 is 14.4 Å². The first kappa shape index (κ1) is 18.8. The summed E-state index contributed by atoms with van der Waals surface area (Å²) >= 11 is 0. The first-order valence-corrected chi connectivity index (χ1v) is 10.9. The predicted molar refractivity (Wildman–Crippen MR) is 108 cm³/mol. The van der Waals surface area contributed by atoms with Gasteiger partial charge >= 0.3 is 5.97 Å². The van der Waals surface area contributed by atoms with Crippen LogP contribution in [0, 0.1) is 23.2 Å². The summed E-state index contributed by atoms with van der Waals surface area (Å²) in [5.41, 5.74) is 0.702. The van der Waals surface area contributed by atoms with Crippen molar-refractivity contribution in [1.82, 2.24) is 4.90 Å². The Morgan fingerprint density at radius 1 is 1.33 bits per heavy atom. The van der Waals surface area contributed by atoms with Crippen molar-refractivity contribution < 1.29 is 23.9 Å². The fourth-order valence-electron chi connectivity index (χ4n) is 8.34. The van der Waals surface area contributed by atoms with E-state index in [0.717, 1.165) is 24.2 Å². The van der Waals surface area contributed by atoms with E-state index in [1.54, 1.807) is 7.11 Å². The van der Waals surface area contributed by atoms with E-state index in [9.17, 15) is 9.59 Å². The fourth-order valence-corrected chi connectivity index (χ4v) is 8.34. The number of amides is 1. The van der Waals surface area contributed by atoms with E-state index >= 15 is 0 Å². The van der Waals surface area contributed by atoms with Gasteiger partial charge in [-0.1, -0.05) is 18.2 Å². The second kappa shape index (κ2) is 5.84. The van der Waals surface area contributed by atoms with Crippen molar-refractivity contribution in [2.75, 3.05) is 32.4 Å². The number of likely N-dealkylation sites (tertiary alicyclic amines) is 1. The monoisotopic (exact) mass is 412 g/mol.